The lowest BCUT2D eigenvalue weighted by Gasteiger charge is -2.04. The van der Waals surface area contributed by atoms with E-state index in [0.29, 0.717) is 16.9 Å². The van der Waals surface area contributed by atoms with Crippen LogP contribution in [0.4, 0.5) is 5.69 Å². The van der Waals surface area contributed by atoms with Crippen LogP contribution in [0, 0.1) is 11.3 Å². The minimum absolute atomic E-state index is 0.0701. The summed E-state index contributed by atoms with van der Waals surface area (Å²) in [5, 5.41) is 12.8. The Labute approximate surface area is 102 Å². The fourth-order valence-corrected chi connectivity index (χ4v) is 1.38. The summed E-state index contributed by atoms with van der Waals surface area (Å²) < 4.78 is 5.82. The van der Waals surface area contributed by atoms with Crippen LogP contribution < -0.4 is 5.73 Å². The highest BCUT2D eigenvalue weighted by Gasteiger charge is 2.13. The van der Waals surface area contributed by atoms with E-state index >= 15 is 0 Å². The first-order chi connectivity index (χ1) is 8.65. The maximum absolute atomic E-state index is 11.2. The molecule has 0 fully saturated rings. The summed E-state index contributed by atoms with van der Waals surface area (Å²) in [6.45, 7) is 0. The smallest absolute Gasteiger partial charge is 0.377 e. The molecule has 1 aromatic carbocycles. The zero-order chi connectivity index (χ0) is 13.1. The van der Waals surface area contributed by atoms with Gasteiger partial charge in [0.25, 0.3) is 5.82 Å². The van der Waals surface area contributed by atoms with Crippen LogP contribution in [0.5, 0.6) is 0 Å². The number of hydrogen-bond donors (Lipinski definition) is 1. The number of nitrogen functional groups attached to an aromatic ring is 1. The molecule has 0 saturated heterocycles. The van der Waals surface area contributed by atoms with Crippen molar-refractivity contribution >= 4 is 11.7 Å². The third kappa shape index (κ3) is 1.99. The van der Waals surface area contributed by atoms with Crippen molar-refractivity contribution in [3.63, 3.8) is 0 Å². The number of carbonyl (C=O) groups is 1. The molecule has 0 aliphatic carbocycles. The van der Waals surface area contributed by atoms with Crippen LogP contribution in [0.25, 0.3) is 5.69 Å². The van der Waals surface area contributed by atoms with Crippen LogP contribution in [0.2, 0.25) is 0 Å². The molecule has 0 aliphatic heterocycles. The number of ether oxygens (including phenoxy) is 1. The average molecular weight is 243 g/mol. The van der Waals surface area contributed by atoms with Crippen LogP contribution >= 0.6 is 0 Å². The minimum atomic E-state index is -0.635. The topological polar surface area (TPSA) is 107 Å². The van der Waals surface area contributed by atoms with Crippen molar-refractivity contribution in [2.24, 2.45) is 0 Å². The number of nitriles is 1. The molecule has 0 unspecified atom stereocenters. The lowest BCUT2D eigenvalue weighted by Crippen LogP contribution is -2.06. The highest BCUT2D eigenvalue weighted by Crippen LogP contribution is 2.17. The molecule has 0 aliphatic rings. The van der Waals surface area contributed by atoms with Gasteiger partial charge in [0.05, 0.1) is 30.1 Å². The molecule has 0 radical (unpaired) electrons. The van der Waals surface area contributed by atoms with Gasteiger partial charge in [0.2, 0.25) is 0 Å². The minimum Gasteiger partial charge on any atom is -0.463 e. The number of esters is 1. The third-order valence-electron chi connectivity index (χ3n) is 2.27. The summed E-state index contributed by atoms with van der Waals surface area (Å²) in [4.78, 5) is 15.0. The number of rotatable bonds is 2. The van der Waals surface area contributed by atoms with Gasteiger partial charge in [0.1, 0.15) is 6.33 Å². The second kappa shape index (κ2) is 4.55. The summed E-state index contributed by atoms with van der Waals surface area (Å²) in [6, 6.07) is 6.74. The van der Waals surface area contributed by atoms with Crippen molar-refractivity contribution in [3.8, 4) is 11.8 Å². The van der Waals surface area contributed by atoms with Gasteiger partial charge in [-0.25, -0.2) is 14.5 Å². The first-order valence-corrected chi connectivity index (χ1v) is 4.95. The Kier molecular flexibility index (Phi) is 2.93. The van der Waals surface area contributed by atoms with Crippen molar-refractivity contribution in [1.82, 2.24) is 14.8 Å². The fourth-order valence-electron chi connectivity index (χ4n) is 1.38. The lowest BCUT2D eigenvalue weighted by molar-refractivity contribution is 0.0587. The first kappa shape index (κ1) is 11.6. The number of nitrogens with zero attached hydrogens (tertiary/aromatic N) is 4. The van der Waals surface area contributed by atoms with Crippen LogP contribution in [0.1, 0.15) is 16.2 Å². The first-order valence-electron chi connectivity index (χ1n) is 4.95. The van der Waals surface area contributed by atoms with Gasteiger partial charge in [-0.15, -0.1) is 5.10 Å². The highest BCUT2D eigenvalue weighted by atomic mass is 16.5. The van der Waals surface area contributed by atoms with Crippen LogP contribution in [-0.4, -0.2) is 27.8 Å². The van der Waals surface area contributed by atoms with Gasteiger partial charge in [-0.2, -0.15) is 5.26 Å². The Bertz CT molecular complexity index is 641. The Morgan fingerprint density at radius 3 is 3.00 bits per heavy atom. The second-order valence-corrected chi connectivity index (χ2v) is 3.39. The van der Waals surface area contributed by atoms with E-state index in [0.717, 1.165) is 0 Å². The summed E-state index contributed by atoms with van der Waals surface area (Å²) >= 11 is 0. The molecule has 2 aromatic rings. The highest BCUT2D eigenvalue weighted by molar-refractivity contribution is 5.84. The van der Waals surface area contributed by atoms with Gasteiger partial charge in [-0.05, 0) is 18.2 Å². The van der Waals surface area contributed by atoms with Gasteiger partial charge in [0, 0.05) is 0 Å². The normalized spacial score (nSPS) is 9.78. The fraction of sp³-hybridized carbons (Fsp3) is 0.0909. The van der Waals surface area contributed by atoms with Crippen molar-refractivity contribution in [2.45, 2.75) is 0 Å². The van der Waals surface area contributed by atoms with Crippen LogP contribution in [-0.2, 0) is 4.74 Å². The lowest BCUT2D eigenvalue weighted by atomic mass is 10.2. The van der Waals surface area contributed by atoms with Crippen molar-refractivity contribution < 1.29 is 9.53 Å². The molecule has 0 bridgehead atoms. The van der Waals surface area contributed by atoms with E-state index in [2.05, 4.69) is 14.8 Å². The van der Waals surface area contributed by atoms with E-state index in [1.807, 2.05) is 6.07 Å². The van der Waals surface area contributed by atoms with E-state index in [1.54, 1.807) is 18.2 Å². The van der Waals surface area contributed by atoms with Gasteiger partial charge in [-0.1, -0.05) is 0 Å². The summed E-state index contributed by atoms with van der Waals surface area (Å²) in [6.07, 6.45) is 1.33. The number of aromatic nitrogens is 3. The molecule has 90 valence electrons. The predicted molar refractivity (Wildman–Crippen MR) is 61.8 cm³/mol. The quantitative estimate of drug-likeness (QED) is 0.608. The van der Waals surface area contributed by atoms with E-state index in [4.69, 9.17) is 11.0 Å². The summed E-state index contributed by atoms with van der Waals surface area (Å²) in [5.41, 5.74) is 7.13. The molecule has 7 nitrogen and oxygen atoms in total. The molecule has 2 rings (SSSR count). The zero-order valence-electron chi connectivity index (χ0n) is 9.49. The van der Waals surface area contributed by atoms with Gasteiger partial charge in [-0.3, -0.25) is 0 Å². The molecular formula is C11H9N5O2. The number of anilines is 1. The van der Waals surface area contributed by atoms with Crippen LogP contribution in [0.15, 0.2) is 24.5 Å². The molecule has 18 heavy (non-hydrogen) atoms. The van der Waals surface area contributed by atoms with E-state index in [-0.39, 0.29) is 5.82 Å². The largest absolute Gasteiger partial charge is 0.463 e. The van der Waals surface area contributed by atoms with Crippen molar-refractivity contribution in [2.75, 3.05) is 12.8 Å². The molecular weight excluding hydrogens is 234 g/mol. The zero-order valence-corrected chi connectivity index (χ0v) is 9.49. The predicted octanol–water partition coefficient (Wildman–Crippen LogP) is 0.508. The SMILES string of the molecule is COC(=O)c1ncn(-c2cc(C#N)ccc2N)n1. The molecule has 2 N–H and O–H groups in total. The van der Waals surface area contributed by atoms with Gasteiger partial charge < -0.3 is 10.5 Å². The molecule has 0 amide bonds. The Balaban J connectivity index is 2.46. The second-order valence-electron chi connectivity index (χ2n) is 3.39. The Hall–Kier alpha value is -2.88. The van der Waals surface area contributed by atoms with Crippen LogP contribution in [0.3, 0.4) is 0 Å². The van der Waals surface area contributed by atoms with E-state index in [9.17, 15) is 4.79 Å². The Morgan fingerprint density at radius 1 is 1.56 bits per heavy atom. The van der Waals surface area contributed by atoms with Gasteiger partial charge in [0.15, 0.2) is 0 Å². The van der Waals surface area contributed by atoms with Crippen molar-refractivity contribution in [3.05, 3.63) is 35.9 Å². The number of hydrogen-bond acceptors (Lipinski definition) is 6. The van der Waals surface area contributed by atoms with Crippen molar-refractivity contribution in [1.29, 1.82) is 5.26 Å². The number of methoxy groups -OCH3 is 1. The Morgan fingerprint density at radius 2 is 2.33 bits per heavy atom. The maximum Gasteiger partial charge on any atom is 0.377 e. The summed E-state index contributed by atoms with van der Waals surface area (Å²) in [5.74, 6) is -0.706. The monoisotopic (exact) mass is 243 g/mol. The molecule has 1 aromatic heterocycles. The standard InChI is InChI=1S/C11H9N5O2/c1-18-11(17)10-14-6-16(15-10)9-4-7(5-12)2-3-8(9)13/h2-4,6H,13H2,1H3. The number of benzene rings is 1. The average Bonchev–Trinajstić information content (AvgIpc) is 2.88. The van der Waals surface area contributed by atoms with Gasteiger partial charge >= 0.3 is 5.97 Å². The molecule has 1 heterocycles. The molecule has 0 saturated carbocycles. The number of nitrogens with two attached hydrogens (primary N) is 1. The van der Waals surface area contributed by atoms with E-state index < -0.39 is 5.97 Å². The molecule has 7 heteroatoms. The molecule has 0 atom stereocenters. The maximum atomic E-state index is 11.2. The number of carbonyl (C=O) groups excluding carboxylic acids is 1. The summed E-state index contributed by atoms with van der Waals surface area (Å²) in [7, 11) is 1.24. The van der Waals surface area contributed by atoms with E-state index in [1.165, 1.54) is 18.1 Å². The third-order valence-corrected chi connectivity index (χ3v) is 2.27. The molecule has 0 spiro atoms.